The quantitative estimate of drug-likeness (QED) is 0.498. The first kappa shape index (κ1) is 22.3. The fourth-order valence-corrected chi connectivity index (χ4v) is 4.56. The van der Waals surface area contributed by atoms with Crippen LogP contribution in [0.3, 0.4) is 0 Å². The Morgan fingerprint density at radius 1 is 1.09 bits per heavy atom. The molecule has 2 aliphatic rings. The van der Waals surface area contributed by atoms with Crippen LogP contribution < -0.4 is 10.1 Å². The van der Waals surface area contributed by atoms with Crippen molar-refractivity contribution >= 4 is 5.91 Å². The van der Waals surface area contributed by atoms with Crippen LogP contribution in [0.15, 0.2) is 60.7 Å². The molecule has 1 fully saturated rings. The van der Waals surface area contributed by atoms with Gasteiger partial charge in [-0.1, -0.05) is 48.5 Å². The highest BCUT2D eigenvalue weighted by atomic mass is 16.5. The highest BCUT2D eigenvalue weighted by molar-refractivity contribution is 6.00. The van der Waals surface area contributed by atoms with Crippen LogP contribution in [-0.2, 0) is 31.0 Å². The Morgan fingerprint density at radius 3 is 2.74 bits per heavy atom. The van der Waals surface area contributed by atoms with Crippen LogP contribution in [0.1, 0.15) is 39.0 Å². The molecule has 3 aromatic carbocycles. The van der Waals surface area contributed by atoms with Crippen molar-refractivity contribution in [3.8, 4) is 17.2 Å². The number of ether oxygens (including phenoxy) is 2. The summed E-state index contributed by atoms with van der Waals surface area (Å²) in [4.78, 5) is 15.2. The highest BCUT2D eigenvalue weighted by Crippen LogP contribution is 2.36. The molecule has 3 aromatic rings. The number of rotatable bonds is 7. The van der Waals surface area contributed by atoms with Gasteiger partial charge in [0.2, 0.25) is 0 Å². The second kappa shape index (κ2) is 9.75. The molecule has 0 bridgehead atoms. The minimum absolute atomic E-state index is 0.0596. The summed E-state index contributed by atoms with van der Waals surface area (Å²) >= 11 is 0. The monoisotopic (exact) mass is 460 g/mol. The third kappa shape index (κ3) is 4.71. The molecule has 0 aromatic heterocycles. The Hall–Kier alpha value is -3.55. The van der Waals surface area contributed by atoms with Gasteiger partial charge >= 0.3 is 0 Å². The maximum atomic E-state index is 13.5. The lowest BCUT2D eigenvalue weighted by Gasteiger charge is -2.19. The molecule has 7 nitrogen and oxygen atoms in total. The van der Waals surface area contributed by atoms with Gasteiger partial charge < -0.3 is 29.9 Å². The highest BCUT2D eigenvalue weighted by Gasteiger charge is 2.30. The SMILES string of the molecule is O=C(c1c(O)cc(O)cc1OCc1ccccc1)N1Cc2cccc(CNC3CCOC3)c2C1. The van der Waals surface area contributed by atoms with E-state index in [0.717, 1.165) is 48.4 Å². The summed E-state index contributed by atoms with van der Waals surface area (Å²) < 4.78 is 11.3. The number of hydrogen-bond donors (Lipinski definition) is 3. The van der Waals surface area contributed by atoms with Crippen LogP contribution >= 0.6 is 0 Å². The van der Waals surface area contributed by atoms with Gasteiger partial charge in [-0.2, -0.15) is 0 Å². The zero-order chi connectivity index (χ0) is 23.5. The number of hydrogen-bond acceptors (Lipinski definition) is 6. The number of carbonyl (C=O) groups excluding carboxylic acids is 1. The summed E-state index contributed by atoms with van der Waals surface area (Å²) in [5.41, 5.74) is 4.37. The van der Waals surface area contributed by atoms with E-state index in [1.807, 2.05) is 42.5 Å². The number of nitrogens with zero attached hydrogens (tertiary/aromatic N) is 1. The molecule has 2 heterocycles. The van der Waals surface area contributed by atoms with E-state index in [4.69, 9.17) is 9.47 Å². The Morgan fingerprint density at radius 2 is 1.94 bits per heavy atom. The van der Waals surface area contributed by atoms with Crippen molar-refractivity contribution in [3.63, 3.8) is 0 Å². The molecule has 5 rings (SSSR count). The molecule has 1 unspecified atom stereocenters. The van der Waals surface area contributed by atoms with Gasteiger partial charge in [-0.3, -0.25) is 4.79 Å². The predicted molar refractivity (Wildman–Crippen MR) is 127 cm³/mol. The second-order valence-electron chi connectivity index (χ2n) is 8.77. The van der Waals surface area contributed by atoms with Gasteiger partial charge in [-0.05, 0) is 28.7 Å². The lowest BCUT2D eigenvalue weighted by Crippen LogP contribution is -2.29. The maximum Gasteiger partial charge on any atom is 0.262 e. The van der Waals surface area contributed by atoms with Gasteiger partial charge in [0.1, 0.15) is 29.4 Å². The van der Waals surface area contributed by atoms with Gasteiger partial charge in [-0.25, -0.2) is 0 Å². The van der Waals surface area contributed by atoms with Crippen LogP contribution in [0.25, 0.3) is 0 Å². The lowest BCUT2D eigenvalue weighted by molar-refractivity contribution is 0.0743. The summed E-state index contributed by atoms with van der Waals surface area (Å²) in [7, 11) is 0. The van der Waals surface area contributed by atoms with E-state index in [2.05, 4.69) is 11.4 Å². The van der Waals surface area contributed by atoms with E-state index in [1.165, 1.54) is 12.1 Å². The Balaban J connectivity index is 1.34. The van der Waals surface area contributed by atoms with E-state index in [-0.39, 0.29) is 35.3 Å². The average Bonchev–Trinajstić information content (AvgIpc) is 3.51. The fraction of sp³-hybridized carbons (Fsp3) is 0.296. The molecule has 7 heteroatoms. The molecule has 3 N–H and O–H groups in total. The van der Waals surface area contributed by atoms with Crippen LogP contribution in [0.5, 0.6) is 17.2 Å². The van der Waals surface area contributed by atoms with Crippen molar-refractivity contribution in [1.29, 1.82) is 0 Å². The minimum Gasteiger partial charge on any atom is -0.508 e. The number of phenols is 2. The molecular formula is C27H28N2O5. The van der Waals surface area contributed by atoms with Crippen molar-refractivity contribution in [2.75, 3.05) is 13.2 Å². The zero-order valence-electron chi connectivity index (χ0n) is 18.9. The summed E-state index contributed by atoms with van der Waals surface area (Å²) in [6, 6.07) is 18.6. The first-order chi connectivity index (χ1) is 16.6. The molecule has 34 heavy (non-hydrogen) atoms. The molecule has 0 spiro atoms. The normalized spacial score (nSPS) is 17.1. The van der Waals surface area contributed by atoms with Gasteiger partial charge in [-0.15, -0.1) is 0 Å². The molecule has 1 saturated heterocycles. The molecule has 1 atom stereocenters. The third-order valence-corrected chi connectivity index (χ3v) is 6.40. The number of amides is 1. The van der Waals surface area contributed by atoms with Crippen LogP contribution in [0, 0.1) is 0 Å². The third-order valence-electron chi connectivity index (χ3n) is 6.40. The largest absolute Gasteiger partial charge is 0.508 e. The number of fused-ring (bicyclic) bond motifs is 1. The number of aromatic hydroxyl groups is 2. The molecule has 0 aliphatic carbocycles. The number of benzene rings is 3. The molecule has 2 aliphatic heterocycles. The Labute approximate surface area is 198 Å². The summed E-state index contributed by atoms with van der Waals surface area (Å²) in [6.07, 6.45) is 1.01. The molecule has 0 saturated carbocycles. The van der Waals surface area contributed by atoms with Crippen LogP contribution in [0.4, 0.5) is 0 Å². The first-order valence-corrected chi connectivity index (χ1v) is 11.5. The summed E-state index contributed by atoms with van der Waals surface area (Å²) in [6.45, 7) is 3.35. The Bertz CT molecular complexity index is 1180. The summed E-state index contributed by atoms with van der Waals surface area (Å²) in [5, 5.41) is 24.1. The van der Waals surface area contributed by atoms with E-state index in [0.29, 0.717) is 19.1 Å². The van der Waals surface area contributed by atoms with Crippen molar-refractivity contribution in [2.45, 2.75) is 38.7 Å². The Kier molecular flexibility index (Phi) is 6.38. The number of phenolic OH excluding ortho intramolecular Hbond substituents is 2. The molecular weight excluding hydrogens is 432 g/mol. The van der Waals surface area contributed by atoms with Gasteiger partial charge in [0.15, 0.2) is 0 Å². The average molecular weight is 461 g/mol. The lowest BCUT2D eigenvalue weighted by atomic mass is 10.0. The van der Waals surface area contributed by atoms with Crippen molar-refractivity contribution < 1.29 is 24.5 Å². The smallest absolute Gasteiger partial charge is 0.262 e. The second-order valence-corrected chi connectivity index (χ2v) is 8.77. The summed E-state index contributed by atoms with van der Waals surface area (Å²) in [5.74, 6) is -0.636. The van der Waals surface area contributed by atoms with E-state index in [9.17, 15) is 15.0 Å². The number of nitrogens with one attached hydrogen (secondary N) is 1. The van der Waals surface area contributed by atoms with Crippen molar-refractivity contribution in [2.24, 2.45) is 0 Å². The minimum atomic E-state index is -0.333. The zero-order valence-corrected chi connectivity index (χ0v) is 18.9. The van der Waals surface area contributed by atoms with Crippen molar-refractivity contribution in [3.05, 3.63) is 88.5 Å². The van der Waals surface area contributed by atoms with E-state index < -0.39 is 0 Å². The predicted octanol–water partition coefficient (Wildman–Crippen LogP) is 3.71. The standard InChI is InChI=1S/C27H28N2O5/c30-22-11-24(31)26(25(12-22)34-16-18-5-2-1-3-6-18)27(32)29-14-20-8-4-7-19(23(20)15-29)13-28-21-9-10-33-17-21/h1-8,11-12,21,28,30-31H,9-10,13-17H2. The van der Waals surface area contributed by atoms with Gasteiger partial charge in [0.25, 0.3) is 5.91 Å². The van der Waals surface area contributed by atoms with E-state index >= 15 is 0 Å². The van der Waals surface area contributed by atoms with Crippen LogP contribution in [-0.4, -0.2) is 40.3 Å². The maximum absolute atomic E-state index is 13.5. The number of carbonyl (C=O) groups is 1. The molecule has 176 valence electrons. The first-order valence-electron chi connectivity index (χ1n) is 11.5. The van der Waals surface area contributed by atoms with E-state index in [1.54, 1.807) is 4.90 Å². The van der Waals surface area contributed by atoms with Gasteiger partial charge in [0.05, 0.1) is 6.61 Å². The van der Waals surface area contributed by atoms with Crippen LogP contribution in [0.2, 0.25) is 0 Å². The molecule has 1 amide bonds. The topological polar surface area (TPSA) is 91.3 Å². The molecule has 0 radical (unpaired) electrons. The van der Waals surface area contributed by atoms with Gasteiger partial charge in [0, 0.05) is 44.4 Å². The van der Waals surface area contributed by atoms with Crippen molar-refractivity contribution in [1.82, 2.24) is 10.2 Å². The fourth-order valence-electron chi connectivity index (χ4n) is 4.56.